The summed E-state index contributed by atoms with van der Waals surface area (Å²) in [5.74, 6) is -3.56. The van der Waals surface area contributed by atoms with Gasteiger partial charge >= 0.3 is 5.97 Å². The number of thioether (sulfide) groups is 1. The van der Waals surface area contributed by atoms with Crippen molar-refractivity contribution < 1.29 is 23.5 Å². The molecule has 0 unspecified atom stereocenters. The predicted octanol–water partition coefficient (Wildman–Crippen LogP) is 3.58. The molecule has 0 aliphatic rings. The van der Waals surface area contributed by atoms with E-state index in [4.69, 9.17) is 5.11 Å². The van der Waals surface area contributed by atoms with E-state index in [-0.39, 0.29) is 18.7 Å². The monoisotopic (exact) mass is 303 g/mol. The summed E-state index contributed by atoms with van der Waals surface area (Å²) >= 11 is 0.444. The minimum Gasteiger partial charge on any atom is -0.481 e. The van der Waals surface area contributed by atoms with Gasteiger partial charge in [-0.3, -0.25) is 9.59 Å². The number of halogens is 2. The predicted molar refractivity (Wildman–Crippen MR) is 73.0 cm³/mol. The number of hydrogen-bond acceptors (Lipinski definition) is 3. The number of carboxylic acids is 1. The molecular weight excluding hydrogens is 288 g/mol. The van der Waals surface area contributed by atoms with Crippen LogP contribution in [-0.4, -0.2) is 22.7 Å². The average molecular weight is 303 g/mol. The van der Waals surface area contributed by atoms with E-state index >= 15 is 0 Å². The molecule has 7 heteroatoms. The normalized spacial score (nSPS) is 10.6. The first-order valence-electron chi connectivity index (χ1n) is 6.04. The van der Waals surface area contributed by atoms with Crippen molar-refractivity contribution in [2.24, 2.45) is 0 Å². The van der Waals surface area contributed by atoms with Crippen LogP contribution in [0.15, 0.2) is 29.2 Å². The summed E-state index contributed by atoms with van der Waals surface area (Å²) in [5, 5.41) is 11.1. The summed E-state index contributed by atoms with van der Waals surface area (Å²) in [7, 11) is 0. The van der Waals surface area contributed by atoms with Crippen molar-refractivity contribution in [3.05, 3.63) is 24.3 Å². The van der Waals surface area contributed by atoms with Crippen LogP contribution in [0.5, 0.6) is 0 Å². The van der Waals surface area contributed by atoms with Crippen LogP contribution in [0.25, 0.3) is 0 Å². The molecule has 1 rings (SSSR count). The van der Waals surface area contributed by atoms with Crippen molar-refractivity contribution in [1.82, 2.24) is 0 Å². The summed E-state index contributed by atoms with van der Waals surface area (Å²) in [6.07, 6.45) is 1.23. The van der Waals surface area contributed by atoms with Crippen LogP contribution in [0.4, 0.5) is 14.5 Å². The zero-order chi connectivity index (χ0) is 15.0. The topological polar surface area (TPSA) is 66.4 Å². The molecule has 20 heavy (non-hydrogen) atoms. The minimum absolute atomic E-state index is 0.0484. The Morgan fingerprint density at radius 1 is 1.15 bits per heavy atom. The van der Waals surface area contributed by atoms with Crippen LogP contribution < -0.4 is 5.32 Å². The van der Waals surface area contributed by atoms with Gasteiger partial charge in [0.05, 0.1) is 0 Å². The van der Waals surface area contributed by atoms with Crippen molar-refractivity contribution in [2.45, 2.75) is 36.3 Å². The number of aliphatic carboxylic acids is 1. The summed E-state index contributed by atoms with van der Waals surface area (Å²) in [6.45, 7) is 0. The van der Waals surface area contributed by atoms with Crippen molar-refractivity contribution in [2.75, 3.05) is 5.32 Å². The van der Waals surface area contributed by atoms with Crippen LogP contribution in [-0.2, 0) is 9.59 Å². The summed E-state index contributed by atoms with van der Waals surface area (Å²) in [6, 6.07) is 6.13. The van der Waals surface area contributed by atoms with Crippen molar-refractivity contribution in [3.63, 3.8) is 0 Å². The fourth-order valence-corrected chi connectivity index (χ4v) is 2.00. The Hall–Kier alpha value is -1.63. The van der Waals surface area contributed by atoms with Gasteiger partial charge in [0.2, 0.25) is 5.91 Å². The Balaban J connectivity index is 2.32. The molecule has 0 heterocycles. The molecule has 0 radical (unpaired) electrons. The molecule has 0 aliphatic carbocycles. The van der Waals surface area contributed by atoms with E-state index in [0.29, 0.717) is 35.2 Å². The van der Waals surface area contributed by atoms with Gasteiger partial charge in [-0.25, -0.2) is 0 Å². The number of benzene rings is 1. The quantitative estimate of drug-likeness (QED) is 0.569. The Morgan fingerprint density at radius 3 is 2.30 bits per heavy atom. The first kappa shape index (κ1) is 16.4. The first-order valence-corrected chi connectivity index (χ1v) is 6.92. The Morgan fingerprint density at radius 2 is 1.75 bits per heavy atom. The highest BCUT2D eigenvalue weighted by Crippen LogP contribution is 2.26. The van der Waals surface area contributed by atoms with Crippen LogP contribution in [0, 0.1) is 0 Å². The van der Waals surface area contributed by atoms with E-state index in [0.717, 1.165) is 0 Å². The van der Waals surface area contributed by atoms with E-state index in [9.17, 15) is 18.4 Å². The second-order valence-corrected chi connectivity index (χ2v) is 5.12. The van der Waals surface area contributed by atoms with Gasteiger partial charge in [-0.05, 0) is 37.1 Å². The van der Waals surface area contributed by atoms with Gasteiger partial charge in [0.15, 0.2) is 0 Å². The maximum absolute atomic E-state index is 12.1. The molecule has 0 atom stereocenters. The van der Waals surface area contributed by atoms with Gasteiger partial charge < -0.3 is 10.4 Å². The molecule has 2 N–H and O–H groups in total. The molecule has 0 fully saturated rings. The lowest BCUT2D eigenvalue weighted by Gasteiger charge is -2.06. The number of hydrogen-bond donors (Lipinski definition) is 2. The van der Waals surface area contributed by atoms with Crippen LogP contribution in [0.1, 0.15) is 25.7 Å². The first-order chi connectivity index (χ1) is 9.47. The van der Waals surface area contributed by atoms with Gasteiger partial charge in [0.25, 0.3) is 5.76 Å². The number of rotatable bonds is 8. The third-order valence-corrected chi connectivity index (χ3v) is 3.13. The smallest absolute Gasteiger partial charge is 0.303 e. The number of alkyl halides is 2. The van der Waals surface area contributed by atoms with Gasteiger partial charge in [-0.1, -0.05) is 11.8 Å². The van der Waals surface area contributed by atoms with Crippen LogP contribution >= 0.6 is 11.8 Å². The Bertz CT molecular complexity index is 451. The average Bonchev–Trinajstić information content (AvgIpc) is 2.36. The second-order valence-electron chi connectivity index (χ2n) is 4.05. The Labute approximate surface area is 119 Å². The SMILES string of the molecule is O=C(O)CCCCC(=O)Nc1ccc(SC(F)F)cc1. The maximum atomic E-state index is 12.1. The fourth-order valence-electron chi connectivity index (χ4n) is 1.50. The van der Waals surface area contributed by atoms with E-state index in [1.54, 1.807) is 12.1 Å². The van der Waals surface area contributed by atoms with Gasteiger partial charge in [0.1, 0.15) is 0 Å². The second kappa shape index (κ2) is 8.52. The largest absolute Gasteiger partial charge is 0.481 e. The van der Waals surface area contributed by atoms with E-state index in [1.165, 1.54) is 12.1 Å². The van der Waals surface area contributed by atoms with Gasteiger partial charge in [-0.2, -0.15) is 8.78 Å². The summed E-state index contributed by atoms with van der Waals surface area (Å²) in [5.41, 5.74) is 0.534. The molecule has 0 aromatic heterocycles. The van der Waals surface area contributed by atoms with Crippen LogP contribution in [0.3, 0.4) is 0 Å². The molecule has 0 saturated carbocycles. The molecule has 1 aromatic carbocycles. The molecule has 1 aromatic rings. The highest BCUT2D eigenvalue weighted by Gasteiger charge is 2.06. The molecule has 1 amide bonds. The standard InChI is InChI=1S/C13H15F2NO3S/c14-13(15)20-10-7-5-9(6-8-10)16-11(17)3-1-2-4-12(18)19/h5-8,13H,1-4H2,(H,16,17)(H,18,19). The summed E-state index contributed by atoms with van der Waals surface area (Å²) in [4.78, 5) is 22.3. The number of carbonyl (C=O) groups is 2. The van der Waals surface area contributed by atoms with Crippen molar-refractivity contribution in [3.8, 4) is 0 Å². The molecule has 0 aliphatic heterocycles. The highest BCUT2D eigenvalue weighted by molar-refractivity contribution is 7.99. The fraction of sp³-hybridized carbons (Fsp3) is 0.385. The maximum Gasteiger partial charge on any atom is 0.303 e. The molecule has 4 nitrogen and oxygen atoms in total. The minimum atomic E-state index is -2.47. The number of carbonyl (C=O) groups excluding carboxylic acids is 1. The van der Waals surface area contributed by atoms with Crippen LogP contribution in [0.2, 0.25) is 0 Å². The molecule has 0 spiro atoms. The zero-order valence-corrected chi connectivity index (χ0v) is 11.5. The van der Waals surface area contributed by atoms with Crippen molar-refractivity contribution in [1.29, 1.82) is 0 Å². The van der Waals surface area contributed by atoms with Gasteiger partial charge in [0, 0.05) is 23.4 Å². The number of unbranched alkanes of at least 4 members (excludes halogenated alkanes) is 1. The molecule has 0 saturated heterocycles. The third-order valence-electron chi connectivity index (χ3n) is 2.41. The molecular formula is C13H15F2NO3S. The van der Waals surface area contributed by atoms with E-state index in [1.807, 2.05) is 0 Å². The summed E-state index contributed by atoms with van der Waals surface area (Å²) < 4.78 is 24.2. The molecule has 0 bridgehead atoms. The zero-order valence-electron chi connectivity index (χ0n) is 10.6. The van der Waals surface area contributed by atoms with Crippen molar-refractivity contribution >= 4 is 29.3 Å². The lowest BCUT2D eigenvalue weighted by molar-refractivity contribution is -0.137. The lowest BCUT2D eigenvalue weighted by Crippen LogP contribution is -2.11. The number of amides is 1. The lowest BCUT2D eigenvalue weighted by atomic mass is 10.2. The number of nitrogens with one attached hydrogen (secondary N) is 1. The number of anilines is 1. The number of carboxylic acid groups (broad SMARTS) is 1. The Kier molecular flexibility index (Phi) is 7.00. The van der Waals surface area contributed by atoms with E-state index < -0.39 is 11.7 Å². The third kappa shape index (κ3) is 7.08. The molecule has 110 valence electrons. The highest BCUT2D eigenvalue weighted by atomic mass is 32.2. The van der Waals surface area contributed by atoms with E-state index in [2.05, 4.69) is 5.32 Å². The van der Waals surface area contributed by atoms with Gasteiger partial charge in [-0.15, -0.1) is 0 Å².